The molecule has 1 heterocycles. The molecule has 0 spiro atoms. The Morgan fingerprint density at radius 2 is 2.33 bits per heavy atom. The fraction of sp³-hybridized carbons (Fsp3) is 0.692. The van der Waals surface area contributed by atoms with Crippen LogP contribution >= 0.6 is 11.3 Å². The van der Waals surface area contributed by atoms with E-state index in [0.29, 0.717) is 16.5 Å². The number of thiazole rings is 1. The second kappa shape index (κ2) is 5.80. The molecule has 1 aromatic heterocycles. The van der Waals surface area contributed by atoms with E-state index in [-0.39, 0.29) is 6.61 Å². The second-order valence-corrected chi connectivity index (χ2v) is 5.88. The molecule has 1 N–H and O–H groups in total. The van der Waals surface area contributed by atoms with Crippen molar-refractivity contribution in [3.05, 3.63) is 15.6 Å². The number of carboxylic acid groups (broad SMARTS) is 1. The Morgan fingerprint density at radius 3 is 2.89 bits per heavy atom. The van der Waals surface area contributed by atoms with Gasteiger partial charge in [-0.25, -0.2) is 9.78 Å². The molecule has 1 saturated carbocycles. The Bertz CT molecular complexity index is 430. The van der Waals surface area contributed by atoms with Gasteiger partial charge in [-0.3, -0.25) is 0 Å². The number of rotatable bonds is 5. The maximum absolute atomic E-state index is 11.2. The summed E-state index contributed by atoms with van der Waals surface area (Å²) in [5.41, 5.74) is 0.574. The normalized spacial score (nSPS) is 23.4. The van der Waals surface area contributed by atoms with Gasteiger partial charge >= 0.3 is 5.97 Å². The first-order valence-electron chi connectivity index (χ1n) is 6.37. The zero-order valence-electron chi connectivity index (χ0n) is 10.8. The average molecular weight is 269 g/mol. The molecule has 1 fully saturated rings. The number of nitrogens with zero attached hydrogens (tertiary/aromatic N) is 1. The van der Waals surface area contributed by atoms with Gasteiger partial charge in [0, 0.05) is 13.0 Å². The van der Waals surface area contributed by atoms with Crippen molar-refractivity contribution in [3.8, 4) is 0 Å². The number of ether oxygens (including phenoxy) is 1. The zero-order chi connectivity index (χ0) is 13.1. The summed E-state index contributed by atoms with van der Waals surface area (Å²) < 4.78 is 5.02. The molecule has 100 valence electrons. The molecule has 0 aliphatic heterocycles. The van der Waals surface area contributed by atoms with Crippen LogP contribution in [0.1, 0.15) is 58.9 Å². The summed E-state index contributed by atoms with van der Waals surface area (Å²) in [4.78, 5) is 16.0. The van der Waals surface area contributed by atoms with Crippen LogP contribution < -0.4 is 0 Å². The third kappa shape index (κ3) is 2.72. The summed E-state index contributed by atoms with van der Waals surface area (Å²) in [6.45, 7) is 2.50. The minimum Gasteiger partial charge on any atom is -0.477 e. The second-order valence-electron chi connectivity index (χ2n) is 4.85. The number of carbonyl (C=O) groups is 1. The molecule has 0 radical (unpaired) electrons. The maximum Gasteiger partial charge on any atom is 0.347 e. The molecule has 0 amide bonds. The third-order valence-electron chi connectivity index (χ3n) is 3.66. The Labute approximate surface area is 111 Å². The van der Waals surface area contributed by atoms with E-state index in [0.717, 1.165) is 23.8 Å². The minimum absolute atomic E-state index is 0.280. The molecule has 0 saturated heterocycles. The number of aromatic carboxylic acids is 1. The predicted octanol–water partition coefficient (Wildman–Crippen LogP) is 3.28. The molecule has 2 unspecified atom stereocenters. The predicted molar refractivity (Wildman–Crippen MR) is 70.2 cm³/mol. The molecule has 0 bridgehead atoms. The van der Waals surface area contributed by atoms with Crippen molar-refractivity contribution in [2.24, 2.45) is 5.92 Å². The first-order valence-corrected chi connectivity index (χ1v) is 7.19. The summed E-state index contributed by atoms with van der Waals surface area (Å²) in [5.74, 6) is 0.331. The standard InChI is InChI=1S/C13H19NO3S/c1-3-8-4-5-9(6-8)12-14-10(7-17-2)11(18-12)13(15)16/h8-9H,3-7H2,1-2H3,(H,15,16). The van der Waals surface area contributed by atoms with Crippen LogP contribution in [0.25, 0.3) is 0 Å². The van der Waals surface area contributed by atoms with E-state index in [9.17, 15) is 4.79 Å². The van der Waals surface area contributed by atoms with Crippen molar-refractivity contribution in [2.75, 3.05) is 7.11 Å². The Morgan fingerprint density at radius 1 is 1.56 bits per heavy atom. The highest BCUT2D eigenvalue weighted by Crippen LogP contribution is 2.41. The van der Waals surface area contributed by atoms with Crippen molar-refractivity contribution in [2.45, 2.75) is 45.1 Å². The third-order valence-corrected chi connectivity index (χ3v) is 4.91. The van der Waals surface area contributed by atoms with Crippen molar-refractivity contribution in [3.63, 3.8) is 0 Å². The lowest BCUT2D eigenvalue weighted by Crippen LogP contribution is -2.00. The molecule has 1 aliphatic rings. The molecular weight excluding hydrogens is 250 g/mol. The highest BCUT2D eigenvalue weighted by Gasteiger charge is 2.29. The van der Waals surface area contributed by atoms with Gasteiger partial charge in [0.25, 0.3) is 0 Å². The van der Waals surface area contributed by atoms with Gasteiger partial charge in [0.05, 0.1) is 17.3 Å². The number of carboxylic acids is 1. The molecule has 1 aliphatic carbocycles. The van der Waals surface area contributed by atoms with Crippen LogP contribution in [-0.4, -0.2) is 23.2 Å². The lowest BCUT2D eigenvalue weighted by molar-refractivity contribution is 0.0697. The topological polar surface area (TPSA) is 59.4 Å². The van der Waals surface area contributed by atoms with Gasteiger partial charge in [0.1, 0.15) is 4.88 Å². The minimum atomic E-state index is -0.893. The number of methoxy groups -OCH3 is 1. The Kier molecular flexibility index (Phi) is 4.35. The van der Waals surface area contributed by atoms with E-state index in [1.165, 1.54) is 24.2 Å². The first kappa shape index (κ1) is 13.5. The van der Waals surface area contributed by atoms with Crippen LogP contribution in [-0.2, 0) is 11.3 Å². The van der Waals surface area contributed by atoms with E-state index in [4.69, 9.17) is 9.84 Å². The van der Waals surface area contributed by atoms with E-state index in [2.05, 4.69) is 11.9 Å². The highest BCUT2D eigenvalue weighted by atomic mass is 32.1. The lowest BCUT2D eigenvalue weighted by atomic mass is 10.0. The SMILES string of the molecule is CCC1CCC(c2nc(COC)c(C(=O)O)s2)C1. The summed E-state index contributed by atoms with van der Waals surface area (Å²) >= 11 is 1.33. The van der Waals surface area contributed by atoms with Gasteiger partial charge in [-0.05, 0) is 25.2 Å². The summed E-state index contributed by atoms with van der Waals surface area (Å²) in [5, 5.41) is 10.1. The number of hydrogen-bond acceptors (Lipinski definition) is 4. The van der Waals surface area contributed by atoms with Crippen molar-refractivity contribution >= 4 is 17.3 Å². The van der Waals surface area contributed by atoms with Gasteiger partial charge < -0.3 is 9.84 Å². The van der Waals surface area contributed by atoms with E-state index < -0.39 is 5.97 Å². The quantitative estimate of drug-likeness (QED) is 0.891. The van der Waals surface area contributed by atoms with Crippen LogP contribution in [0.4, 0.5) is 0 Å². The smallest absolute Gasteiger partial charge is 0.347 e. The summed E-state index contributed by atoms with van der Waals surface area (Å²) in [6.07, 6.45) is 4.73. The van der Waals surface area contributed by atoms with Gasteiger partial charge in [0.2, 0.25) is 0 Å². The van der Waals surface area contributed by atoms with Gasteiger partial charge in [-0.1, -0.05) is 13.3 Å². The highest BCUT2D eigenvalue weighted by molar-refractivity contribution is 7.13. The van der Waals surface area contributed by atoms with Crippen molar-refractivity contribution in [1.82, 2.24) is 4.98 Å². The van der Waals surface area contributed by atoms with Crippen LogP contribution in [0, 0.1) is 5.92 Å². The zero-order valence-corrected chi connectivity index (χ0v) is 11.6. The molecule has 1 aromatic rings. The molecular formula is C13H19NO3S. The molecule has 18 heavy (non-hydrogen) atoms. The fourth-order valence-corrected chi connectivity index (χ4v) is 3.67. The van der Waals surface area contributed by atoms with Crippen LogP contribution in [0.2, 0.25) is 0 Å². The average Bonchev–Trinajstić information content (AvgIpc) is 2.94. The van der Waals surface area contributed by atoms with Crippen LogP contribution in [0.15, 0.2) is 0 Å². The Balaban J connectivity index is 2.19. The van der Waals surface area contributed by atoms with Crippen LogP contribution in [0.5, 0.6) is 0 Å². The summed E-state index contributed by atoms with van der Waals surface area (Å²) in [6, 6.07) is 0. The molecule has 0 aromatic carbocycles. The molecule has 2 atom stereocenters. The monoisotopic (exact) mass is 269 g/mol. The van der Waals surface area contributed by atoms with Gasteiger partial charge in [-0.2, -0.15) is 0 Å². The summed E-state index contributed by atoms with van der Waals surface area (Å²) in [7, 11) is 1.56. The maximum atomic E-state index is 11.2. The van der Waals surface area contributed by atoms with Crippen molar-refractivity contribution in [1.29, 1.82) is 0 Å². The van der Waals surface area contributed by atoms with E-state index in [1.54, 1.807) is 7.11 Å². The van der Waals surface area contributed by atoms with Crippen LogP contribution in [0.3, 0.4) is 0 Å². The fourth-order valence-electron chi connectivity index (χ4n) is 2.62. The van der Waals surface area contributed by atoms with Crippen molar-refractivity contribution < 1.29 is 14.6 Å². The van der Waals surface area contributed by atoms with Gasteiger partial charge in [-0.15, -0.1) is 11.3 Å². The number of hydrogen-bond donors (Lipinski definition) is 1. The first-order chi connectivity index (χ1) is 8.65. The molecule has 2 rings (SSSR count). The number of aromatic nitrogens is 1. The lowest BCUT2D eigenvalue weighted by Gasteiger charge is -2.06. The Hall–Kier alpha value is -0.940. The largest absolute Gasteiger partial charge is 0.477 e. The van der Waals surface area contributed by atoms with E-state index in [1.807, 2.05) is 0 Å². The van der Waals surface area contributed by atoms with E-state index >= 15 is 0 Å². The molecule has 4 nitrogen and oxygen atoms in total. The molecule has 5 heteroatoms. The van der Waals surface area contributed by atoms with Gasteiger partial charge in [0.15, 0.2) is 0 Å².